The maximum absolute atomic E-state index is 13.1. The van der Waals surface area contributed by atoms with Gasteiger partial charge in [-0.3, -0.25) is 9.69 Å². The maximum Gasteiger partial charge on any atom is 0.259 e. The van der Waals surface area contributed by atoms with E-state index in [1.165, 1.54) is 12.1 Å². The standard InChI is InChI=1S/C24H25FN4O2/c1-16-22(24(30)28-20-7-9-21(31-2)10-8-20)13-26-23(27-16)18-11-12-29(15-18)14-17-3-5-19(25)6-4-17/h3-10,13,18H,11-12,14-15H2,1-2H3,(H,28,30). The number of anilines is 1. The molecule has 1 aromatic heterocycles. The van der Waals surface area contributed by atoms with Crippen molar-refractivity contribution in [3.8, 4) is 5.75 Å². The number of likely N-dealkylation sites (tertiary alicyclic amines) is 1. The van der Waals surface area contributed by atoms with Gasteiger partial charge in [-0.05, 0) is 61.9 Å². The van der Waals surface area contributed by atoms with Crippen LogP contribution >= 0.6 is 0 Å². The number of ether oxygens (including phenoxy) is 1. The van der Waals surface area contributed by atoms with Gasteiger partial charge < -0.3 is 10.1 Å². The molecular formula is C24H25FN4O2. The van der Waals surface area contributed by atoms with Crippen molar-refractivity contribution in [1.82, 2.24) is 14.9 Å². The van der Waals surface area contributed by atoms with Crippen LogP contribution in [0.4, 0.5) is 10.1 Å². The smallest absolute Gasteiger partial charge is 0.259 e. The minimum absolute atomic E-state index is 0.219. The summed E-state index contributed by atoms with van der Waals surface area (Å²) < 4.78 is 18.2. The summed E-state index contributed by atoms with van der Waals surface area (Å²) in [5.41, 5.74) is 2.89. The summed E-state index contributed by atoms with van der Waals surface area (Å²) in [5, 5.41) is 2.87. The zero-order valence-electron chi connectivity index (χ0n) is 17.6. The van der Waals surface area contributed by atoms with Crippen LogP contribution in [0.2, 0.25) is 0 Å². The molecule has 1 atom stereocenters. The predicted octanol–water partition coefficient (Wildman–Crippen LogP) is 4.17. The normalized spacial score (nSPS) is 16.3. The minimum Gasteiger partial charge on any atom is -0.497 e. The Morgan fingerprint density at radius 3 is 2.61 bits per heavy atom. The van der Waals surface area contributed by atoms with Gasteiger partial charge in [0.2, 0.25) is 0 Å². The van der Waals surface area contributed by atoms with Gasteiger partial charge in [0.1, 0.15) is 17.4 Å². The number of aromatic nitrogens is 2. The van der Waals surface area contributed by atoms with Gasteiger partial charge in [-0.2, -0.15) is 0 Å². The lowest BCUT2D eigenvalue weighted by molar-refractivity contribution is 0.102. The summed E-state index contributed by atoms with van der Waals surface area (Å²) in [7, 11) is 1.60. The molecule has 1 unspecified atom stereocenters. The van der Waals surface area contributed by atoms with Gasteiger partial charge in [0, 0.05) is 30.9 Å². The van der Waals surface area contributed by atoms with Gasteiger partial charge in [-0.15, -0.1) is 0 Å². The lowest BCUT2D eigenvalue weighted by Gasteiger charge is -2.16. The predicted molar refractivity (Wildman–Crippen MR) is 117 cm³/mol. The molecule has 3 aromatic rings. The van der Waals surface area contributed by atoms with Crippen LogP contribution in [0, 0.1) is 12.7 Å². The monoisotopic (exact) mass is 420 g/mol. The van der Waals surface area contributed by atoms with E-state index in [2.05, 4.69) is 20.2 Å². The Balaban J connectivity index is 1.38. The Morgan fingerprint density at radius 1 is 1.19 bits per heavy atom. The number of methoxy groups -OCH3 is 1. The second-order valence-electron chi connectivity index (χ2n) is 7.76. The fourth-order valence-electron chi connectivity index (χ4n) is 3.81. The summed E-state index contributed by atoms with van der Waals surface area (Å²) in [6, 6.07) is 13.8. The Labute approximate surface area is 181 Å². The Morgan fingerprint density at radius 2 is 1.94 bits per heavy atom. The highest BCUT2D eigenvalue weighted by molar-refractivity contribution is 6.04. The first kappa shape index (κ1) is 20.9. The molecule has 31 heavy (non-hydrogen) atoms. The molecule has 1 amide bonds. The second kappa shape index (κ2) is 9.22. The molecule has 0 saturated carbocycles. The van der Waals surface area contributed by atoms with Crippen LogP contribution in [-0.2, 0) is 6.54 Å². The van der Waals surface area contributed by atoms with Crippen molar-refractivity contribution < 1.29 is 13.9 Å². The third kappa shape index (κ3) is 5.06. The second-order valence-corrected chi connectivity index (χ2v) is 7.76. The van der Waals surface area contributed by atoms with Crippen molar-refractivity contribution in [3.63, 3.8) is 0 Å². The maximum atomic E-state index is 13.1. The van der Waals surface area contributed by atoms with Crippen LogP contribution in [0.5, 0.6) is 5.75 Å². The lowest BCUT2D eigenvalue weighted by atomic mass is 10.1. The van der Waals surface area contributed by atoms with Crippen molar-refractivity contribution in [3.05, 3.63) is 83.2 Å². The number of hydrogen-bond acceptors (Lipinski definition) is 5. The molecule has 2 heterocycles. The number of aryl methyl sites for hydroxylation is 1. The van der Waals surface area contributed by atoms with E-state index in [0.29, 0.717) is 16.9 Å². The summed E-state index contributed by atoms with van der Waals surface area (Å²) >= 11 is 0. The minimum atomic E-state index is -0.237. The van der Waals surface area contributed by atoms with Gasteiger partial charge in [-0.25, -0.2) is 14.4 Å². The summed E-state index contributed by atoms with van der Waals surface area (Å²) in [6.45, 7) is 4.38. The molecule has 2 aromatic carbocycles. The number of hydrogen-bond donors (Lipinski definition) is 1. The van der Waals surface area contributed by atoms with Crippen LogP contribution in [0.15, 0.2) is 54.7 Å². The molecule has 0 aliphatic carbocycles. The Kier molecular flexibility index (Phi) is 6.23. The quantitative estimate of drug-likeness (QED) is 0.648. The number of nitrogens with one attached hydrogen (secondary N) is 1. The van der Waals surface area contributed by atoms with E-state index in [4.69, 9.17) is 4.74 Å². The van der Waals surface area contributed by atoms with Crippen LogP contribution in [0.1, 0.15) is 39.8 Å². The van der Waals surface area contributed by atoms with Crippen molar-refractivity contribution in [2.75, 3.05) is 25.5 Å². The van der Waals surface area contributed by atoms with Crippen LogP contribution in [0.3, 0.4) is 0 Å². The van der Waals surface area contributed by atoms with Gasteiger partial charge in [-0.1, -0.05) is 12.1 Å². The molecule has 7 heteroatoms. The van der Waals surface area contributed by atoms with E-state index in [0.717, 1.165) is 43.2 Å². The van der Waals surface area contributed by atoms with Crippen molar-refractivity contribution in [2.45, 2.75) is 25.8 Å². The van der Waals surface area contributed by atoms with Crippen LogP contribution in [0.25, 0.3) is 0 Å². The molecule has 1 fully saturated rings. The van der Waals surface area contributed by atoms with Crippen molar-refractivity contribution >= 4 is 11.6 Å². The average molecular weight is 420 g/mol. The zero-order chi connectivity index (χ0) is 21.8. The molecule has 1 aliphatic rings. The SMILES string of the molecule is COc1ccc(NC(=O)c2cnc(C3CCN(Cc4ccc(F)cc4)C3)nc2C)cc1. The summed E-state index contributed by atoms with van der Waals surface area (Å²) in [4.78, 5) is 24.1. The number of halogens is 1. The van der Waals surface area contributed by atoms with E-state index in [1.807, 2.05) is 19.1 Å². The molecule has 4 rings (SSSR count). The van der Waals surface area contributed by atoms with E-state index < -0.39 is 0 Å². The number of amides is 1. The summed E-state index contributed by atoms with van der Waals surface area (Å²) in [5.74, 6) is 1.26. The molecule has 160 valence electrons. The highest BCUT2D eigenvalue weighted by atomic mass is 19.1. The topological polar surface area (TPSA) is 67.3 Å². The first-order chi connectivity index (χ1) is 15.0. The Bertz CT molecular complexity index is 1050. The average Bonchev–Trinajstić information content (AvgIpc) is 3.24. The van der Waals surface area contributed by atoms with E-state index in [-0.39, 0.29) is 17.6 Å². The number of carbonyl (C=O) groups is 1. The van der Waals surface area contributed by atoms with E-state index >= 15 is 0 Å². The third-order valence-corrected chi connectivity index (χ3v) is 5.55. The molecule has 1 saturated heterocycles. The molecule has 0 bridgehead atoms. The van der Waals surface area contributed by atoms with Crippen LogP contribution in [-0.4, -0.2) is 41.0 Å². The number of rotatable bonds is 6. The molecule has 1 N–H and O–H groups in total. The molecular weight excluding hydrogens is 395 g/mol. The highest BCUT2D eigenvalue weighted by Gasteiger charge is 2.26. The van der Waals surface area contributed by atoms with Crippen LogP contribution < -0.4 is 10.1 Å². The first-order valence-electron chi connectivity index (χ1n) is 10.3. The molecule has 0 radical (unpaired) electrons. The lowest BCUT2D eigenvalue weighted by Crippen LogP contribution is -2.21. The van der Waals surface area contributed by atoms with E-state index in [1.54, 1.807) is 37.6 Å². The van der Waals surface area contributed by atoms with Crippen molar-refractivity contribution in [1.29, 1.82) is 0 Å². The highest BCUT2D eigenvalue weighted by Crippen LogP contribution is 2.26. The largest absolute Gasteiger partial charge is 0.497 e. The zero-order valence-corrected chi connectivity index (χ0v) is 17.6. The van der Waals surface area contributed by atoms with Gasteiger partial charge in [0.05, 0.1) is 18.4 Å². The number of benzene rings is 2. The van der Waals surface area contributed by atoms with Gasteiger partial charge in [0.15, 0.2) is 0 Å². The van der Waals surface area contributed by atoms with Gasteiger partial charge >= 0.3 is 0 Å². The number of carbonyl (C=O) groups excluding carboxylic acids is 1. The van der Waals surface area contributed by atoms with E-state index in [9.17, 15) is 9.18 Å². The third-order valence-electron chi connectivity index (χ3n) is 5.55. The fraction of sp³-hybridized carbons (Fsp3) is 0.292. The molecule has 1 aliphatic heterocycles. The Hall–Kier alpha value is -3.32. The molecule has 0 spiro atoms. The fourth-order valence-corrected chi connectivity index (χ4v) is 3.81. The van der Waals surface area contributed by atoms with Gasteiger partial charge in [0.25, 0.3) is 5.91 Å². The summed E-state index contributed by atoms with van der Waals surface area (Å²) in [6.07, 6.45) is 2.57. The first-order valence-corrected chi connectivity index (χ1v) is 10.3. The van der Waals surface area contributed by atoms with Crippen molar-refractivity contribution in [2.24, 2.45) is 0 Å². The molecule has 6 nitrogen and oxygen atoms in total. The number of nitrogens with zero attached hydrogens (tertiary/aromatic N) is 3.